The van der Waals surface area contributed by atoms with E-state index >= 15 is 0 Å². The highest BCUT2D eigenvalue weighted by Gasteiger charge is 2.52. The molecule has 142 valence electrons. The van der Waals surface area contributed by atoms with Crippen LogP contribution in [0.3, 0.4) is 0 Å². The average molecular weight is 371 g/mol. The lowest BCUT2D eigenvalue weighted by atomic mass is 9.70. The van der Waals surface area contributed by atoms with Crippen molar-refractivity contribution < 1.29 is 4.79 Å². The molecule has 2 amide bonds. The fourth-order valence-electron chi connectivity index (χ4n) is 4.54. The number of para-hydroxylation sites is 1. The van der Waals surface area contributed by atoms with Crippen molar-refractivity contribution in [3.63, 3.8) is 0 Å². The van der Waals surface area contributed by atoms with Gasteiger partial charge in [-0.15, -0.1) is 0 Å². The molecule has 1 aliphatic rings. The van der Waals surface area contributed by atoms with Crippen molar-refractivity contribution in [2.24, 2.45) is 5.73 Å². The normalized spacial score (nSPS) is 20.6. The number of primary amides is 1. The lowest BCUT2D eigenvalue weighted by Crippen LogP contribution is -2.58. The Morgan fingerprint density at radius 1 is 0.893 bits per heavy atom. The number of rotatable bonds is 4. The molecule has 4 heteroatoms. The van der Waals surface area contributed by atoms with Gasteiger partial charge in [0.25, 0.3) is 0 Å². The number of hydrogen-bond acceptors (Lipinski definition) is 2. The molecule has 1 fully saturated rings. The third-order valence-corrected chi connectivity index (χ3v) is 5.65. The van der Waals surface area contributed by atoms with Gasteiger partial charge in [-0.3, -0.25) is 10.2 Å². The second-order valence-corrected chi connectivity index (χ2v) is 7.42. The van der Waals surface area contributed by atoms with E-state index in [-0.39, 0.29) is 12.2 Å². The van der Waals surface area contributed by atoms with Crippen LogP contribution in [-0.4, -0.2) is 18.2 Å². The molecule has 1 aliphatic heterocycles. The van der Waals surface area contributed by atoms with Crippen molar-refractivity contribution in [2.75, 3.05) is 4.90 Å². The summed E-state index contributed by atoms with van der Waals surface area (Å²) in [4.78, 5) is 14.4. The first-order chi connectivity index (χ1) is 13.6. The SMILES string of the molecule is CC1CC(c2ccccc2)(c2ccccc2)C(N(C(N)=O)c2ccccc2)N1. The molecule has 2 atom stereocenters. The van der Waals surface area contributed by atoms with Crippen LogP contribution in [0.1, 0.15) is 24.5 Å². The van der Waals surface area contributed by atoms with Crippen LogP contribution in [0.2, 0.25) is 0 Å². The number of urea groups is 1. The number of hydrogen-bond donors (Lipinski definition) is 2. The van der Waals surface area contributed by atoms with Gasteiger partial charge in [-0.05, 0) is 36.6 Å². The summed E-state index contributed by atoms with van der Waals surface area (Å²) in [6, 6.07) is 30.2. The van der Waals surface area contributed by atoms with Crippen LogP contribution in [0.25, 0.3) is 0 Å². The van der Waals surface area contributed by atoms with Crippen molar-refractivity contribution >= 4 is 11.7 Å². The Kier molecular flexibility index (Phi) is 4.88. The summed E-state index contributed by atoms with van der Waals surface area (Å²) in [7, 11) is 0. The maximum Gasteiger partial charge on any atom is 0.320 e. The zero-order chi connectivity index (χ0) is 19.6. The number of nitrogens with two attached hydrogens (primary N) is 1. The molecule has 0 aromatic heterocycles. The molecule has 0 aliphatic carbocycles. The first-order valence-electron chi connectivity index (χ1n) is 9.64. The number of amides is 2. The monoisotopic (exact) mass is 371 g/mol. The molecular weight excluding hydrogens is 346 g/mol. The molecule has 0 saturated carbocycles. The molecule has 4 nitrogen and oxygen atoms in total. The van der Waals surface area contributed by atoms with Gasteiger partial charge in [-0.25, -0.2) is 4.79 Å². The maximum absolute atomic E-state index is 12.7. The van der Waals surface area contributed by atoms with E-state index in [0.29, 0.717) is 0 Å². The van der Waals surface area contributed by atoms with Crippen molar-refractivity contribution in [1.29, 1.82) is 0 Å². The van der Waals surface area contributed by atoms with Crippen molar-refractivity contribution in [2.45, 2.75) is 31.0 Å². The standard InChI is InChI=1S/C24H25N3O/c1-18-17-24(19-11-5-2-6-12-19,20-13-7-3-8-14-20)22(26-18)27(23(25)28)21-15-9-4-10-16-21/h2-16,18,22,26H,17H2,1H3,(H2,25,28). The average Bonchev–Trinajstić information content (AvgIpc) is 3.08. The highest BCUT2D eigenvalue weighted by Crippen LogP contribution is 2.46. The van der Waals surface area contributed by atoms with Crippen LogP contribution >= 0.6 is 0 Å². The number of anilines is 1. The third-order valence-electron chi connectivity index (χ3n) is 5.65. The molecule has 4 rings (SSSR count). The smallest absolute Gasteiger partial charge is 0.320 e. The fraction of sp³-hybridized carbons (Fsp3) is 0.208. The first kappa shape index (κ1) is 18.3. The minimum Gasteiger partial charge on any atom is -0.351 e. The Bertz CT molecular complexity index is 888. The van der Waals surface area contributed by atoms with Gasteiger partial charge in [-0.2, -0.15) is 0 Å². The second-order valence-electron chi connectivity index (χ2n) is 7.42. The third kappa shape index (κ3) is 3.06. The van der Waals surface area contributed by atoms with Gasteiger partial charge in [0, 0.05) is 11.7 Å². The van der Waals surface area contributed by atoms with Crippen molar-refractivity contribution in [3.8, 4) is 0 Å². The van der Waals surface area contributed by atoms with Gasteiger partial charge in [0.2, 0.25) is 0 Å². The summed E-state index contributed by atoms with van der Waals surface area (Å²) in [6.07, 6.45) is 0.565. The number of nitrogens with zero attached hydrogens (tertiary/aromatic N) is 1. The predicted octanol–water partition coefficient (Wildman–Crippen LogP) is 4.27. The van der Waals surface area contributed by atoms with Gasteiger partial charge in [-0.1, -0.05) is 78.9 Å². The van der Waals surface area contributed by atoms with E-state index in [1.807, 2.05) is 42.5 Å². The molecule has 1 saturated heterocycles. The summed E-state index contributed by atoms with van der Waals surface area (Å²) >= 11 is 0. The number of benzene rings is 3. The molecule has 2 unspecified atom stereocenters. The topological polar surface area (TPSA) is 58.4 Å². The summed E-state index contributed by atoms with van der Waals surface area (Å²) in [5, 5.41) is 3.65. The van der Waals surface area contributed by atoms with E-state index in [9.17, 15) is 4.79 Å². The Morgan fingerprint density at radius 2 is 1.36 bits per heavy atom. The fourth-order valence-corrected chi connectivity index (χ4v) is 4.54. The van der Waals surface area contributed by atoms with E-state index in [1.165, 1.54) is 11.1 Å². The van der Waals surface area contributed by atoms with Gasteiger partial charge in [0.1, 0.15) is 6.17 Å². The molecular formula is C24H25N3O. The highest BCUT2D eigenvalue weighted by molar-refractivity contribution is 5.92. The van der Waals surface area contributed by atoms with Crippen LogP contribution in [0.4, 0.5) is 10.5 Å². The summed E-state index contributed by atoms with van der Waals surface area (Å²) in [5.74, 6) is 0. The zero-order valence-corrected chi connectivity index (χ0v) is 16.0. The summed E-state index contributed by atoms with van der Waals surface area (Å²) in [5.41, 5.74) is 8.64. The van der Waals surface area contributed by atoms with E-state index in [0.717, 1.165) is 12.1 Å². The van der Waals surface area contributed by atoms with Crippen LogP contribution in [0.5, 0.6) is 0 Å². The Labute approximate surface area is 166 Å². The summed E-state index contributed by atoms with van der Waals surface area (Å²) in [6.45, 7) is 2.16. The largest absolute Gasteiger partial charge is 0.351 e. The molecule has 3 aromatic carbocycles. The molecule has 28 heavy (non-hydrogen) atoms. The van der Waals surface area contributed by atoms with E-state index in [2.05, 4.69) is 60.8 Å². The van der Waals surface area contributed by atoms with Gasteiger partial charge in [0.05, 0.1) is 5.41 Å². The maximum atomic E-state index is 12.7. The molecule has 3 N–H and O–H groups in total. The van der Waals surface area contributed by atoms with Crippen molar-refractivity contribution in [1.82, 2.24) is 5.32 Å². The lowest BCUT2D eigenvalue weighted by molar-refractivity contribution is 0.248. The molecule has 0 radical (unpaired) electrons. The van der Waals surface area contributed by atoms with Crippen LogP contribution in [0, 0.1) is 0 Å². The lowest BCUT2D eigenvalue weighted by Gasteiger charge is -2.41. The van der Waals surface area contributed by atoms with Crippen LogP contribution < -0.4 is 16.0 Å². The Morgan fingerprint density at radius 3 is 1.82 bits per heavy atom. The van der Waals surface area contributed by atoms with E-state index < -0.39 is 11.4 Å². The van der Waals surface area contributed by atoms with Gasteiger partial charge >= 0.3 is 6.03 Å². The quantitative estimate of drug-likeness (QED) is 0.720. The summed E-state index contributed by atoms with van der Waals surface area (Å²) < 4.78 is 0. The number of nitrogens with one attached hydrogen (secondary N) is 1. The minimum absolute atomic E-state index is 0.218. The second kappa shape index (κ2) is 7.49. The van der Waals surface area contributed by atoms with Gasteiger partial charge in [0.15, 0.2) is 0 Å². The van der Waals surface area contributed by atoms with Crippen molar-refractivity contribution in [3.05, 3.63) is 102 Å². The number of carbonyl (C=O) groups excluding carboxylic acids is 1. The highest BCUT2D eigenvalue weighted by atomic mass is 16.2. The molecule has 0 spiro atoms. The van der Waals surface area contributed by atoms with Crippen LogP contribution in [-0.2, 0) is 5.41 Å². The Hall–Kier alpha value is -3.11. The zero-order valence-electron chi connectivity index (χ0n) is 16.0. The first-order valence-corrected chi connectivity index (χ1v) is 9.64. The molecule has 1 heterocycles. The van der Waals surface area contributed by atoms with Crippen LogP contribution in [0.15, 0.2) is 91.0 Å². The molecule has 0 bridgehead atoms. The Balaban J connectivity index is 1.94. The predicted molar refractivity (Wildman–Crippen MR) is 113 cm³/mol. The van der Waals surface area contributed by atoms with E-state index in [1.54, 1.807) is 4.90 Å². The minimum atomic E-state index is -0.464. The molecule has 3 aromatic rings. The van der Waals surface area contributed by atoms with E-state index in [4.69, 9.17) is 5.73 Å². The number of carbonyl (C=O) groups is 1. The van der Waals surface area contributed by atoms with Gasteiger partial charge < -0.3 is 5.73 Å².